The van der Waals surface area contributed by atoms with E-state index in [1.54, 1.807) is 17.8 Å². The SMILES string of the molecule is Cc1cccc(NCCSCc2ccccc2F)n1. The van der Waals surface area contributed by atoms with Gasteiger partial charge in [-0.3, -0.25) is 0 Å². The first kappa shape index (κ1) is 13.9. The van der Waals surface area contributed by atoms with E-state index in [-0.39, 0.29) is 5.82 Å². The molecule has 0 bridgehead atoms. The summed E-state index contributed by atoms with van der Waals surface area (Å²) in [4.78, 5) is 4.36. The number of aryl methyl sites for hydroxylation is 1. The van der Waals surface area contributed by atoms with Crippen molar-refractivity contribution < 1.29 is 4.39 Å². The van der Waals surface area contributed by atoms with Gasteiger partial charge in [0.1, 0.15) is 11.6 Å². The predicted molar refractivity (Wildman–Crippen MR) is 80.0 cm³/mol. The van der Waals surface area contributed by atoms with E-state index in [4.69, 9.17) is 0 Å². The van der Waals surface area contributed by atoms with Crippen molar-refractivity contribution in [2.45, 2.75) is 12.7 Å². The second-order valence-electron chi connectivity index (χ2n) is 4.23. The fourth-order valence-corrected chi connectivity index (χ4v) is 2.54. The summed E-state index contributed by atoms with van der Waals surface area (Å²) in [5.74, 6) is 2.40. The second-order valence-corrected chi connectivity index (χ2v) is 5.34. The minimum absolute atomic E-state index is 0.122. The molecule has 1 N–H and O–H groups in total. The first-order valence-corrected chi connectivity index (χ1v) is 7.40. The van der Waals surface area contributed by atoms with E-state index < -0.39 is 0 Å². The number of nitrogens with one attached hydrogen (secondary N) is 1. The molecular weight excluding hydrogens is 259 g/mol. The van der Waals surface area contributed by atoms with Gasteiger partial charge in [0.05, 0.1) is 0 Å². The number of halogens is 1. The lowest BCUT2D eigenvalue weighted by atomic mass is 10.2. The van der Waals surface area contributed by atoms with Crippen LogP contribution in [0.5, 0.6) is 0 Å². The molecule has 100 valence electrons. The maximum Gasteiger partial charge on any atom is 0.127 e. The van der Waals surface area contributed by atoms with Gasteiger partial charge >= 0.3 is 0 Å². The number of anilines is 1. The zero-order chi connectivity index (χ0) is 13.5. The van der Waals surface area contributed by atoms with Crippen LogP contribution in [0.1, 0.15) is 11.3 Å². The Labute approximate surface area is 117 Å². The van der Waals surface area contributed by atoms with E-state index in [1.165, 1.54) is 6.07 Å². The summed E-state index contributed by atoms with van der Waals surface area (Å²) in [6.45, 7) is 2.80. The van der Waals surface area contributed by atoms with Crippen LogP contribution in [0.4, 0.5) is 10.2 Å². The minimum Gasteiger partial charge on any atom is -0.369 e. The van der Waals surface area contributed by atoms with Crippen molar-refractivity contribution in [2.75, 3.05) is 17.6 Å². The Morgan fingerprint density at radius 2 is 2.00 bits per heavy atom. The number of thioether (sulfide) groups is 1. The number of pyridine rings is 1. The Hall–Kier alpha value is -1.55. The highest BCUT2D eigenvalue weighted by Gasteiger charge is 2.00. The average Bonchev–Trinajstić information content (AvgIpc) is 2.40. The van der Waals surface area contributed by atoms with Gasteiger partial charge in [-0.2, -0.15) is 11.8 Å². The summed E-state index contributed by atoms with van der Waals surface area (Å²) in [5, 5.41) is 3.26. The van der Waals surface area contributed by atoms with E-state index in [0.717, 1.165) is 29.4 Å². The van der Waals surface area contributed by atoms with Gasteiger partial charge in [-0.05, 0) is 30.7 Å². The molecule has 1 heterocycles. The molecule has 0 saturated carbocycles. The quantitative estimate of drug-likeness (QED) is 0.811. The third-order valence-corrected chi connectivity index (χ3v) is 3.66. The molecule has 1 aromatic heterocycles. The van der Waals surface area contributed by atoms with Gasteiger partial charge in [-0.25, -0.2) is 9.37 Å². The lowest BCUT2D eigenvalue weighted by molar-refractivity contribution is 0.617. The molecule has 2 nitrogen and oxygen atoms in total. The number of nitrogens with zero attached hydrogens (tertiary/aromatic N) is 1. The van der Waals surface area contributed by atoms with Crippen LogP contribution in [0.15, 0.2) is 42.5 Å². The Morgan fingerprint density at radius 3 is 2.79 bits per heavy atom. The molecule has 0 spiro atoms. The summed E-state index contributed by atoms with van der Waals surface area (Å²) in [6.07, 6.45) is 0. The highest BCUT2D eigenvalue weighted by Crippen LogP contribution is 2.15. The summed E-state index contributed by atoms with van der Waals surface area (Å²) in [7, 11) is 0. The molecule has 0 amide bonds. The molecule has 4 heteroatoms. The Morgan fingerprint density at radius 1 is 1.16 bits per heavy atom. The molecule has 0 saturated heterocycles. The van der Waals surface area contributed by atoms with Crippen molar-refractivity contribution in [1.29, 1.82) is 0 Å². The molecule has 0 aliphatic carbocycles. The van der Waals surface area contributed by atoms with Gasteiger partial charge in [0.25, 0.3) is 0 Å². The molecule has 0 radical (unpaired) electrons. The predicted octanol–water partition coefficient (Wildman–Crippen LogP) is 3.87. The zero-order valence-electron chi connectivity index (χ0n) is 10.9. The molecule has 0 aliphatic heterocycles. The van der Waals surface area contributed by atoms with Gasteiger partial charge in [0.2, 0.25) is 0 Å². The number of benzene rings is 1. The Kier molecular flexibility index (Phi) is 5.21. The molecule has 0 unspecified atom stereocenters. The fourth-order valence-electron chi connectivity index (χ4n) is 1.69. The molecule has 0 aliphatic rings. The van der Waals surface area contributed by atoms with Gasteiger partial charge < -0.3 is 5.32 Å². The molecule has 19 heavy (non-hydrogen) atoms. The highest BCUT2D eigenvalue weighted by atomic mass is 32.2. The smallest absolute Gasteiger partial charge is 0.127 e. The largest absolute Gasteiger partial charge is 0.369 e. The minimum atomic E-state index is -0.122. The maximum absolute atomic E-state index is 13.4. The number of hydrogen-bond acceptors (Lipinski definition) is 3. The third kappa shape index (κ3) is 4.56. The lowest BCUT2D eigenvalue weighted by Gasteiger charge is -2.06. The standard InChI is InChI=1S/C15H17FN2S/c1-12-5-4-8-15(18-12)17-9-10-19-11-13-6-2-3-7-14(13)16/h2-8H,9-11H2,1H3,(H,17,18). The van der Waals surface area contributed by atoms with Gasteiger partial charge in [0.15, 0.2) is 0 Å². The van der Waals surface area contributed by atoms with Gasteiger partial charge in [-0.15, -0.1) is 0 Å². The number of hydrogen-bond donors (Lipinski definition) is 1. The van der Waals surface area contributed by atoms with Crippen LogP contribution in [-0.2, 0) is 5.75 Å². The second kappa shape index (κ2) is 7.14. The molecular formula is C15H17FN2S. The monoisotopic (exact) mass is 276 g/mol. The van der Waals surface area contributed by atoms with Crippen molar-refractivity contribution in [3.05, 3.63) is 59.5 Å². The lowest BCUT2D eigenvalue weighted by Crippen LogP contribution is -2.06. The summed E-state index contributed by atoms with van der Waals surface area (Å²) in [6, 6.07) is 12.8. The fraction of sp³-hybridized carbons (Fsp3) is 0.267. The Bertz CT molecular complexity index is 531. The zero-order valence-corrected chi connectivity index (χ0v) is 11.7. The van der Waals surface area contributed by atoms with Crippen LogP contribution in [0.3, 0.4) is 0 Å². The molecule has 0 fully saturated rings. The van der Waals surface area contributed by atoms with Crippen molar-refractivity contribution >= 4 is 17.6 Å². The first-order chi connectivity index (χ1) is 9.25. The van der Waals surface area contributed by atoms with Crippen LogP contribution in [0, 0.1) is 12.7 Å². The normalized spacial score (nSPS) is 10.4. The van der Waals surface area contributed by atoms with E-state index in [0.29, 0.717) is 5.75 Å². The molecule has 2 aromatic rings. The van der Waals surface area contributed by atoms with Crippen molar-refractivity contribution in [1.82, 2.24) is 4.98 Å². The van der Waals surface area contributed by atoms with Gasteiger partial charge in [0, 0.05) is 23.7 Å². The molecule has 1 aromatic carbocycles. The van der Waals surface area contributed by atoms with Crippen molar-refractivity contribution in [3.63, 3.8) is 0 Å². The average molecular weight is 276 g/mol. The van der Waals surface area contributed by atoms with Crippen LogP contribution >= 0.6 is 11.8 Å². The highest BCUT2D eigenvalue weighted by molar-refractivity contribution is 7.98. The molecule has 0 atom stereocenters. The Balaban J connectivity index is 1.69. The van der Waals surface area contributed by atoms with E-state index >= 15 is 0 Å². The van der Waals surface area contributed by atoms with Crippen LogP contribution in [0.25, 0.3) is 0 Å². The first-order valence-electron chi connectivity index (χ1n) is 6.24. The topological polar surface area (TPSA) is 24.9 Å². The maximum atomic E-state index is 13.4. The van der Waals surface area contributed by atoms with Crippen LogP contribution in [-0.4, -0.2) is 17.3 Å². The number of aromatic nitrogens is 1. The van der Waals surface area contributed by atoms with E-state index in [2.05, 4.69) is 10.3 Å². The van der Waals surface area contributed by atoms with E-state index in [1.807, 2.05) is 37.3 Å². The summed E-state index contributed by atoms with van der Waals surface area (Å²) in [5.41, 5.74) is 1.77. The van der Waals surface area contributed by atoms with Crippen molar-refractivity contribution in [2.24, 2.45) is 0 Å². The van der Waals surface area contributed by atoms with E-state index in [9.17, 15) is 4.39 Å². The van der Waals surface area contributed by atoms with Gasteiger partial charge in [-0.1, -0.05) is 24.3 Å². The number of rotatable bonds is 6. The summed E-state index contributed by atoms with van der Waals surface area (Å²) >= 11 is 1.71. The molecule has 2 rings (SSSR count). The third-order valence-electron chi connectivity index (χ3n) is 2.66. The van der Waals surface area contributed by atoms with Crippen LogP contribution in [0.2, 0.25) is 0 Å². The summed E-state index contributed by atoms with van der Waals surface area (Å²) < 4.78 is 13.4. The van der Waals surface area contributed by atoms with Crippen molar-refractivity contribution in [3.8, 4) is 0 Å². The van der Waals surface area contributed by atoms with Crippen LogP contribution < -0.4 is 5.32 Å².